The third-order valence-electron chi connectivity index (χ3n) is 4.48. The van der Waals surface area contributed by atoms with Crippen molar-refractivity contribution in [3.05, 3.63) is 24.2 Å². The van der Waals surface area contributed by atoms with E-state index in [1.807, 2.05) is 17.0 Å². The van der Waals surface area contributed by atoms with E-state index in [2.05, 4.69) is 0 Å². The molecule has 3 atom stereocenters. The summed E-state index contributed by atoms with van der Waals surface area (Å²) in [5.41, 5.74) is 0. The van der Waals surface area contributed by atoms with Crippen LogP contribution in [-0.4, -0.2) is 40.6 Å². The summed E-state index contributed by atoms with van der Waals surface area (Å²) in [6.07, 6.45) is 4.95. The molecule has 6 nitrogen and oxygen atoms in total. The number of aliphatic carboxylic acids is 1. The van der Waals surface area contributed by atoms with Gasteiger partial charge in [-0.25, -0.2) is 4.79 Å². The minimum atomic E-state index is -0.992. The number of hydrogen-bond acceptors (Lipinski definition) is 4. The number of carboxylic acid groups (broad SMARTS) is 1. The second-order valence-corrected chi connectivity index (χ2v) is 5.94. The van der Waals surface area contributed by atoms with Crippen molar-refractivity contribution in [3.8, 4) is 0 Å². The molecule has 6 heteroatoms. The lowest BCUT2D eigenvalue weighted by atomic mass is 10.1. The average molecular weight is 307 g/mol. The van der Waals surface area contributed by atoms with Gasteiger partial charge in [-0.15, -0.1) is 0 Å². The van der Waals surface area contributed by atoms with Gasteiger partial charge in [0.1, 0.15) is 11.9 Å². The van der Waals surface area contributed by atoms with Crippen LogP contribution >= 0.6 is 0 Å². The van der Waals surface area contributed by atoms with Crippen molar-refractivity contribution >= 4 is 11.9 Å². The van der Waals surface area contributed by atoms with Gasteiger partial charge in [0.05, 0.1) is 12.3 Å². The van der Waals surface area contributed by atoms with Crippen molar-refractivity contribution in [1.82, 2.24) is 4.90 Å². The van der Waals surface area contributed by atoms with E-state index >= 15 is 0 Å². The van der Waals surface area contributed by atoms with E-state index in [0.29, 0.717) is 19.4 Å². The van der Waals surface area contributed by atoms with E-state index in [1.165, 1.54) is 0 Å². The fraction of sp³-hybridized carbons (Fsp3) is 0.625. The highest BCUT2D eigenvalue weighted by Crippen LogP contribution is 2.33. The number of amides is 1. The van der Waals surface area contributed by atoms with E-state index in [9.17, 15) is 9.59 Å². The summed E-state index contributed by atoms with van der Waals surface area (Å²) < 4.78 is 10.9. The van der Waals surface area contributed by atoms with Crippen LogP contribution in [0.4, 0.5) is 0 Å². The molecule has 2 fully saturated rings. The normalized spacial score (nSPS) is 29.3. The summed E-state index contributed by atoms with van der Waals surface area (Å²) in [5, 5.41) is 9.01. The van der Waals surface area contributed by atoms with Gasteiger partial charge in [0.2, 0.25) is 0 Å². The number of furan rings is 1. The fourth-order valence-electron chi connectivity index (χ4n) is 3.33. The number of carbonyl (C=O) groups excluding carboxylic acids is 1. The number of likely N-dealkylation sites (tertiary alicyclic amines) is 1. The Kier molecular flexibility index (Phi) is 4.47. The first kappa shape index (κ1) is 15.1. The molecule has 2 saturated heterocycles. The van der Waals surface area contributed by atoms with Crippen molar-refractivity contribution < 1.29 is 23.8 Å². The lowest BCUT2D eigenvalue weighted by Crippen LogP contribution is -2.41. The van der Waals surface area contributed by atoms with Crippen LogP contribution in [0.2, 0.25) is 0 Å². The molecular weight excluding hydrogens is 286 g/mol. The molecule has 3 heterocycles. The molecule has 3 rings (SSSR count). The molecule has 120 valence electrons. The average Bonchev–Trinajstić information content (AvgIpc) is 3.14. The molecule has 1 amide bonds. The van der Waals surface area contributed by atoms with Crippen LogP contribution in [0.3, 0.4) is 0 Å². The molecule has 0 saturated carbocycles. The largest absolute Gasteiger partial charge is 0.479 e. The highest BCUT2D eigenvalue weighted by molar-refractivity contribution is 5.83. The van der Waals surface area contributed by atoms with Crippen molar-refractivity contribution in [2.45, 2.75) is 56.8 Å². The summed E-state index contributed by atoms with van der Waals surface area (Å²) in [4.78, 5) is 25.6. The van der Waals surface area contributed by atoms with Crippen LogP contribution in [-0.2, 0) is 14.3 Å². The Balaban J connectivity index is 1.75. The zero-order chi connectivity index (χ0) is 15.5. The fourth-order valence-corrected chi connectivity index (χ4v) is 3.33. The number of hydrogen-bond donors (Lipinski definition) is 1. The summed E-state index contributed by atoms with van der Waals surface area (Å²) in [6, 6.07) is 3.65. The summed E-state index contributed by atoms with van der Waals surface area (Å²) >= 11 is 0. The lowest BCUT2D eigenvalue weighted by Gasteiger charge is -2.30. The van der Waals surface area contributed by atoms with E-state index in [4.69, 9.17) is 14.3 Å². The number of ether oxygens (including phenoxy) is 1. The van der Waals surface area contributed by atoms with E-state index in [1.54, 1.807) is 6.26 Å². The maximum atomic E-state index is 12.8. The smallest absolute Gasteiger partial charge is 0.332 e. The third kappa shape index (κ3) is 3.02. The summed E-state index contributed by atoms with van der Waals surface area (Å²) in [7, 11) is 0. The van der Waals surface area contributed by atoms with Crippen LogP contribution in [0.15, 0.2) is 22.8 Å². The van der Waals surface area contributed by atoms with Gasteiger partial charge in [-0.2, -0.15) is 0 Å². The maximum Gasteiger partial charge on any atom is 0.332 e. The Morgan fingerprint density at radius 2 is 1.95 bits per heavy atom. The zero-order valence-electron chi connectivity index (χ0n) is 12.4. The van der Waals surface area contributed by atoms with Crippen LogP contribution in [0, 0.1) is 0 Å². The van der Waals surface area contributed by atoms with E-state index < -0.39 is 18.2 Å². The Labute approximate surface area is 129 Å². The molecule has 1 aromatic heterocycles. The summed E-state index contributed by atoms with van der Waals surface area (Å²) in [5.74, 6) is -0.302. The second-order valence-electron chi connectivity index (χ2n) is 5.94. The first-order valence-corrected chi connectivity index (χ1v) is 7.89. The quantitative estimate of drug-likeness (QED) is 0.927. The standard InChI is InChI=1S/C16H21NO5/c18-15(13-7-8-14(22-13)16(19)20)17-9-3-1-2-5-11(17)12-6-4-10-21-12/h4,6,10-11,13-14H,1-3,5,7-9H2,(H,19,20)/t11?,13-,14+/m0/s1. The number of rotatable bonds is 3. The first-order valence-electron chi connectivity index (χ1n) is 7.89. The molecule has 1 unspecified atom stereocenters. The van der Waals surface area contributed by atoms with E-state index in [-0.39, 0.29) is 11.9 Å². The zero-order valence-corrected chi connectivity index (χ0v) is 12.4. The van der Waals surface area contributed by atoms with Crippen molar-refractivity contribution in [2.75, 3.05) is 6.54 Å². The SMILES string of the molecule is O=C(O)[C@H]1CC[C@@H](C(=O)N2CCCCCC2c2ccco2)O1. The highest BCUT2D eigenvalue weighted by atomic mass is 16.5. The molecule has 22 heavy (non-hydrogen) atoms. The predicted molar refractivity (Wildman–Crippen MR) is 77.2 cm³/mol. The molecule has 2 aliphatic rings. The topological polar surface area (TPSA) is 80.0 Å². The molecule has 1 aromatic rings. The van der Waals surface area contributed by atoms with Gasteiger partial charge < -0.3 is 19.2 Å². The Morgan fingerprint density at radius 3 is 2.64 bits per heavy atom. The third-order valence-corrected chi connectivity index (χ3v) is 4.48. The molecule has 1 N–H and O–H groups in total. The highest BCUT2D eigenvalue weighted by Gasteiger charge is 2.39. The van der Waals surface area contributed by atoms with Crippen LogP contribution in [0.5, 0.6) is 0 Å². The van der Waals surface area contributed by atoms with Gasteiger partial charge in [-0.1, -0.05) is 12.8 Å². The number of nitrogens with zero attached hydrogens (tertiary/aromatic N) is 1. The number of carboxylic acids is 1. The minimum Gasteiger partial charge on any atom is -0.479 e. The van der Waals surface area contributed by atoms with Crippen LogP contribution < -0.4 is 0 Å². The van der Waals surface area contributed by atoms with Gasteiger partial charge in [0.25, 0.3) is 5.91 Å². The van der Waals surface area contributed by atoms with Gasteiger partial charge in [0, 0.05) is 6.54 Å². The van der Waals surface area contributed by atoms with Crippen molar-refractivity contribution in [2.24, 2.45) is 0 Å². The van der Waals surface area contributed by atoms with Crippen molar-refractivity contribution in [1.29, 1.82) is 0 Å². The molecule has 2 aliphatic heterocycles. The molecule has 0 bridgehead atoms. The van der Waals surface area contributed by atoms with Gasteiger partial charge >= 0.3 is 5.97 Å². The lowest BCUT2D eigenvalue weighted by molar-refractivity contribution is -0.156. The second kappa shape index (κ2) is 6.52. The van der Waals surface area contributed by atoms with Gasteiger partial charge in [0.15, 0.2) is 6.10 Å². The molecule has 0 radical (unpaired) electrons. The molecule has 0 aliphatic carbocycles. The molecule has 0 aromatic carbocycles. The maximum absolute atomic E-state index is 12.8. The Bertz CT molecular complexity index is 527. The molecule has 0 spiro atoms. The molecular formula is C16H21NO5. The van der Waals surface area contributed by atoms with Gasteiger partial charge in [-0.3, -0.25) is 4.79 Å². The van der Waals surface area contributed by atoms with Gasteiger partial charge in [-0.05, 0) is 37.8 Å². The first-order chi connectivity index (χ1) is 10.7. The van der Waals surface area contributed by atoms with Crippen LogP contribution in [0.25, 0.3) is 0 Å². The Morgan fingerprint density at radius 1 is 1.14 bits per heavy atom. The summed E-state index contributed by atoms with van der Waals surface area (Å²) in [6.45, 7) is 0.668. The van der Waals surface area contributed by atoms with Crippen LogP contribution in [0.1, 0.15) is 50.3 Å². The Hall–Kier alpha value is -1.82. The van der Waals surface area contributed by atoms with Crippen molar-refractivity contribution in [3.63, 3.8) is 0 Å². The predicted octanol–water partition coefficient (Wildman–Crippen LogP) is 2.36. The number of carbonyl (C=O) groups is 2. The monoisotopic (exact) mass is 307 g/mol. The van der Waals surface area contributed by atoms with E-state index in [0.717, 1.165) is 31.4 Å². The minimum absolute atomic E-state index is 0.0718.